The predicted molar refractivity (Wildman–Crippen MR) is 153 cm³/mol. The highest BCUT2D eigenvalue weighted by Gasteiger charge is 2.19. The SMILES string of the molecule is CCCCC/C=C\CCCCCC(O)CC(=O)NC(CO)C(O)/C=C/CC/C=C/CCCCCCC. The van der Waals surface area contributed by atoms with Crippen molar-refractivity contribution in [3.05, 3.63) is 36.5 Å². The molecule has 0 aliphatic carbocycles. The lowest BCUT2D eigenvalue weighted by molar-refractivity contribution is -0.124. The summed E-state index contributed by atoms with van der Waals surface area (Å²) in [5.41, 5.74) is 0. The summed E-state index contributed by atoms with van der Waals surface area (Å²) in [5.74, 6) is -0.342. The molecule has 4 N–H and O–H groups in total. The maximum Gasteiger partial charge on any atom is 0.222 e. The average Bonchev–Trinajstić information content (AvgIpc) is 2.86. The number of carbonyl (C=O) groups excluding carboxylic acids is 1. The van der Waals surface area contributed by atoms with E-state index >= 15 is 0 Å². The van der Waals surface area contributed by atoms with Gasteiger partial charge in [0.15, 0.2) is 0 Å². The molecule has 0 aliphatic heterocycles. The van der Waals surface area contributed by atoms with Crippen molar-refractivity contribution in [1.29, 1.82) is 0 Å². The van der Waals surface area contributed by atoms with E-state index in [1.54, 1.807) is 6.08 Å². The molecule has 1 amide bonds. The Morgan fingerprint density at radius 2 is 1.19 bits per heavy atom. The fraction of sp³-hybridized carbons (Fsp3) is 0.774. The largest absolute Gasteiger partial charge is 0.394 e. The summed E-state index contributed by atoms with van der Waals surface area (Å²) in [4.78, 5) is 12.2. The van der Waals surface area contributed by atoms with E-state index in [1.165, 1.54) is 51.4 Å². The lowest BCUT2D eigenvalue weighted by Gasteiger charge is -2.20. The molecule has 0 radical (unpaired) electrons. The van der Waals surface area contributed by atoms with E-state index in [4.69, 9.17) is 0 Å². The average molecular weight is 508 g/mol. The van der Waals surface area contributed by atoms with Gasteiger partial charge in [-0.1, -0.05) is 102 Å². The van der Waals surface area contributed by atoms with Gasteiger partial charge in [0.2, 0.25) is 5.91 Å². The molecular formula is C31H57NO4. The van der Waals surface area contributed by atoms with E-state index in [1.807, 2.05) is 6.08 Å². The molecule has 3 atom stereocenters. The Hall–Kier alpha value is -1.43. The van der Waals surface area contributed by atoms with Crippen LogP contribution in [-0.2, 0) is 4.79 Å². The van der Waals surface area contributed by atoms with Crippen LogP contribution >= 0.6 is 0 Å². The monoisotopic (exact) mass is 507 g/mol. The molecule has 0 saturated carbocycles. The fourth-order valence-electron chi connectivity index (χ4n) is 4.05. The van der Waals surface area contributed by atoms with Gasteiger partial charge in [-0.25, -0.2) is 0 Å². The zero-order chi connectivity index (χ0) is 26.7. The molecule has 0 fully saturated rings. The summed E-state index contributed by atoms with van der Waals surface area (Å²) in [6.07, 6.45) is 29.8. The fourth-order valence-corrected chi connectivity index (χ4v) is 4.05. The van der Waals surface area contributed by atoms with Gasteiger partial charge in [-0.3, -0.25) is 4.79 Å². The van der Waals surface area contributed by atoms with Crippen molar-refractivity contribution in [1.82, 2.24) is 5.32 Å². The topological polar surface area (TPSA) is 89.8 Å². The zero-order valence-electron chi connectivity index (χ0n) is 23.4. The van der Waals surface area contributed by atoms with Crippen LogP contribution in [0.4, 0.5) is 0 Å². The zero-order valence-corrected chi connectivity index (χ0v) is 23.4. The van der Waals surface area contributed by atoms with Crippen LogP contribution in [0.15, 0.2) is 36.5 Å². The Labute approximate surface area is 222 Å². The number of rotatable bonds is 25. The number of nitrogens with one attached hydrogen (secondary N) is 1. The highest BCUT2D eigenvalue weighted by atomic mass is 16.3. The van der Waals surface area contributed by atoms with Crippen LogP contribution in [0.5, 0.6) is 0 Å². The van der Waals surface area contributed by atoms with Crippen LogP contribution in [0.25, 0.3) is 0 Å². The first-order chi connectivity index (χ1) is 17.5. The van der Waals surface area contributed by atoms with Crippen LogP contribution < -0.4 is 5.32 Å². The maximum atomic E-state index is 12.2. The summed E-state index contributed by atoms with van der Waals surface area (Å²) >= 11 is 0. The standard InChI is InChI=1S/C31H57NO4/c1-3-5-7-9-11-13-15-17-19-21-23-25-30(35)29(27-33)32-31(36)26-28(34)24-22-20-18-16-14-12-10-8-6-4-2/h12,14-15,17,23,25,28-30,33-35H,3-11,13,16,18-22,24,26-27H2,1-2H3,(H,32,36)/b14-12-,17-15+,25-23+. The summed E-state index contributed by atoms with van der Waals surface area (Å²) in [6, 6.07) is -0.760. The third-order valence-corrected chi connectivity index (χ3v) is 6.40. The van der Waals surface area contributed by atoms with Gasteiger partial charge in [-0.15, -0.1) is 0 Å². The molecule has 0 heterocycles. The number of allylic oxidation sites excluding steroid dienone is 5. The molecule has 5 nitrogen and oxygen atoms in total. The molecule has 3 unspecified atom stereocenters. The van der Waals surface area contributed by atoms with Crippen molar-refractivity contribution in [2.24, 2.45) is 0 Å². The normalized spacial score (nSPS) is 14.7. The Morgan fingerprint density at radius 1 is 0.694 bits per heavy atom. The van der Waals surface area contributed by atoms with Gasteiger partial charge in [-0.05, 0) is 57.8 Å². The molecule has 0 aromatic heterocycles. The third-order valence-electron chi connectivity index (χ3n) is 6.40. The maximum absolute atomic E-state index is 12.2. The van der Waals surface area contributed by atoms with Crippen molar-refractivity contribution in [2.45, 2.75) is 148 Å². The van der Waals surface area contributed by atoms with Gasteiger partial charge in [0.1, 0.15) is 0 Å². The Kier molecular flexibility index (Phi) is 25.6. The lowest BCUT2D eigenvalue weighted by Crippen LogP contribution is -2.45. The predicted octanol–water partition coefficient (Wildman–Crippen LogP) is 6.92. The van der Waals surface area contributed by atoms with Gasteiger partial charge in [0.05, 0.1) is 31.3 Å². The number of aliphatic hydroxyl groups is 3. The van der Waals surface area contributed by atoms with Crippen LogP contribution in [-0.4, -0.2) is 46.1 Å². The van der Waals surface area contributed by atoms with Crippen molar-refractivity contribution >= 4 is 5.91 Å². The highest BCUT2D eigenvalue weighted by molar-refractivity contribution is 5.76. The first-order valence-corrected chi connectivity index (χ1v) is 14.8. The van der Waals surface area contributed by atoms with Crippen molar-refractivity contribution in [2.75, 3.05) is 6.61 Å². The van der Waals surface area contributed by atoms with Gasteiger partial charge in [0.25, 0.3) is 0 Å². The van der Waals surface area contributed by atoms with Crippen molar-refractivity contribution < 1.29 is 20.1 Å². The Bertz CT molecular complexity index is 573. The molecule has 5 heteroatoms. The second-order valence-electron chi connectivity index (χ2n) is 9.99. The number of aliphatic hydroxyl groups excluding tert-OH is 3. The molecule has 36 heavy (non-hydrogen) atoms. The van der Waals surface area contributed by atoms with Gasteiger partial charge < -0.3 is 20.6 Å². The minimum absolute atomic E-state index is 0.00644. The molecule has 0 aromatic carbocycles. The summed E-state index contributed by atoms with van der Waals surface area (Å²) < 4.78 is 0. The minimum Gasteiger partial charge on any atom is -0.394 e. The molecule has 0 bridgehead atoms. The molecular weight excluding hydrogens is 450 g/mol. The van der Waals surface area contributed by atoms with E-state index in [-0.39, 0.29) is 18.9 Å². The first kappa shape index (κ1) is 34.6. The second-order valence-corrected chi connectivity index (χ2v) is 9.99. The number of amides is 1. The van der Waals surface area contributed by atoms with E-state index in [9.17, 15) is 20.1 Å². The smallest absolute Gasteiger partial charge is 0.222 e. The first-order valence-electron chi connectivity index (χ1n) is 14.8. The van der Waals surface area contributed by atoms with Crippen LogP contribution in [0.3, 0.4) is 0 Å². The molecule has 0 aliphatic rings. The number of carbonyl (C=O) groups is 1. The van der Waals surface area contributed by atoms with Crippen LogP contribution in [0.1, 0.15) is 129 Å². The van der Waals surface area contributed by atoms with Crippen LogP contribution in [0, 0.1) is 0 Å². The Morgan fingerprint density at radius 3 is 1.81 bits per heavy atom. The van der Waals surface area contributed by atoms with Crippen LogP contribution in [0.2, 0.25) is 0 Å². The van der Waals surface area contributed by atoms with E-state index in [2.05, 4.69) is 43.5 Å². The molecule has 0 spiro atoms. The number of hydrogen-bond acceptors (Lipinski definition) is 4. The number of hydrogen-bond donors (Lipinski definition) is 4. The lowest BCUT2D eigenvalue weighted by atomic mass is 10.1. The van der Waals surface area contributed by atoms with Crippen molar-refractivity contribution in [3.63, 3.8) is 0 Å². The van der Waals surface area contributed by atoms with E-state index < -0.39 is 18.2 Å². The molecule has 0 saturated heterocycles. The van der Waals surface area contributed by atoms with E-state index in [0.717, 1.165) is 51.4 Å². The number of unbranched alkanes of at least 4 members (excludes halogenated alkanes) is 12. The minimum atomic E-state index is -0.950. The molecule has 0 rings (SSSR count). The van der Waals surface area contributed by atoms with E-state index in [0.29, 0.717) is 6.42 Å². The quantitative estimate of drug-likeness (QED) is 0.0798. The van der Waals surface area contributed by atoms with Crippen molar-refractivity contribution in [3.8, 4) is 0 Å². The van der Waals surface area contributed by atoms with Gasteiger partial charge in [-0.2, -0.15) is 0 Å². The summed E-state index contributed by atoms with van der Waals surface area (Å²) in [6.45, 7) is 4.09. The third kappa shape index (κ3) is 23.0. The highest BCUT2D eigenvalue weighted by Crippen LogP contribution is 2.10. The molecule has 0 aromatic rings. The summed E-state index contributed by atoms with van der Waals surface area (Å²) in [7, 11) is 0. The summed E-state index contributed by atoms with van der Waals surface area (Å²) in [5, 5.41) is 32.7. The molecule has 210 valence electrons. The van der Waals surface area contributed by atoms with Gasteiger partial charge in [0, 0.05) is 0 Å². The van der Waals surface area contributed by atoms with Gasteiger partial charge >= 0.3 is 0 Å². The Balaban J connectivity index is 3.94. The second kappa shape index (κ2) is 26.6.